The first-order chi connectivity index (χ1) is 13.0. The van der Waals surface area contributed by atoms with Crippen molar-refractivity contribution in [2.45, 2.75) is 12.5 Å². The Morgan fingerprint density at radius 1 is 0.926 bits per heavy atom. The first kappa shape index (κ1) is 17.0. The van der Waals surface area contributed by atoms with Gasteiger partial charge in [0.25, 0.3) is 5.91 Å². The van der Waals surface area contributed by atoms with Gasteiger partial charge in [0.2, 0.25) is 0 Å². The van der Waals surface area contributed by atoms with E-state index in [0.717, 1.165) is 15.7 Å². The summed E-state index contributed by atoms with van der Waals surface area (Å²) >= 11 is 0. The van der Waals surface area contributed by atoms with Gasteiger partial charge in [0, 0.05) is 5.56 Å². The van der Waals surface area contributed by atoms with Gasteiger partial charge in [-0.1, -0.05) is 66.7 Å². The summed E-state index contributed by atoms with van der Waals surface area (Å²) < 4.78 is 0. The lowest BCUT2D eigenvalue weighted by atomic mass is 9.92. The SMILES string of the molecule is C[C@@]1(c2ccccc2)NC(=O)N(CC(=O)c2ccc3ccccc3c2)C1=O. The molecule has 3 amide bonds. The number of urea groups is 1. The third kappa shape index (κ3) is 2.87. The number of hydrogen-bond donors (Lipinski definition) is 1. The second kappa shape index (κ2) is 6.36. The molecule has 0 aromatic heterocycles. The summed E-state index contributed by atoms with van der Waals surface area (Å²) in [5, 5.41) is 4.69. The fourth-order valence-corrected chi connectivity index (χ4v) is 3.41. The number of amides is 3. The number of nitrogens with zero attached hydrogens (tertiary/aromatic N) is 1. The molecule has 5 heteroatoms. The number of benzene rings is 3. The second-order valence-electron chi connectivity index (χ2n) is 6.80. The number of Topliss-reactive ketones (excluding diaryl/α,β-unsaturated/α-hetero) is 1. The Kier molecular flexibility index (Phi) is 4.00. The summed E-state index contributed by atoms with van der Waals surface area (Å²) in [5.41, 5.74) is -0.00577. The summed E-state index contributed by atoms with van der Waals surface area (Å²) in [7, 11) is 0. The molecule has 1 heterocycles. The molecule has 0 saturated carbocycles. The molecule has 27 heavy (non-hydrogen) atoms. The average molecular weight is 358 g/mol. The van der Waals surface area contributed by atoms with Crippen LogP contribution in [-0.4, -0.2) is 29.2 Å². The maximum Gasteiger partial charge on any atom is 0.325 e. The normalized spacial score (nSPS) is 19.4. The van der Waals surface area contributed by atoms with Crippen LogP contribution in [0, 0.1) is 0 Å². The molecule has 1 fully saturated rings. The van der Waals surface area contributed by atoms with Gasteiger partial charge in [0.05, 0.1) is 6.54 Å². The second-order valence-corrected chi connectivity index (χ2v) is 6.80. The highest BCUT2D eigenvalue weighted by atomic mass is 16.2. The van der Waals surface area contributed by atoms with Crippen LogP contribution in [0.1, 0.15) is 22.8 Å². The van der Waals surface area contributed by atoms with Crippen molar-refractivity contribution in [1.29, 1.82) is 0 Å². The molecular formula is C22H18N2O3. The number of carbonyl (C=O) groups excluding carboxylic acids is 3. The van der Waals surface area contributed by atoms with E-state index < -0.39 is 17.5 Å². The zero-order chi connectivity index (χ0) is 19.0. The molecule has 0 radical (unpaired) electrons. The first-order valence-electron chi connectivity index (χ1n) is 8.71. The molecule has 5 nitrogen and oxygen atoms in total. The minimum atomic E-state index is -1.16. The number of ketones is 1. The number of rotatable bonds is 4. The minimum absolute atomic E-state index is 0.276. The standard InChI is InChI=1S/C22H18N2O3/c1-22(18-9-3-2-4-10-18)20(26)24(21(27)23-22)14-19(25)17-12-11-15-7-5-6-8-16(15)13-17/h2-13H,14H2,1H3,(H,23,27)/t22-/m0/s1. The summed E-state index contributed by atoms with van der Waals surface area (Å²) in [5.74, 6) is -0.700. The molecule has 1 aliphatic heterocycles. The number of imide groups is 1. The van der Waals surface area contributed by atoms with Crippen LogP contribution in [0.4, 0.5) is 4.79 Å². The molecule has 0 bridgehead atoms. The molecule has 1 aliphatic rings. The van der Waals surface area contributed by atoms with E-state index in [1.807, 2.05) is 48.5 Å². The number of carbonyl (C=O) groups is 3. The van der Waals surface area contributed by atoms with Gasteiger partial charge in [-0.3, -0.25) is 14.5 Å². The number of hydrogen-bond acceptors (Lipinski definition) is 3. The van der Waals surface area contributed by atoms with Crippen LogP contribution in [-0.2, 0) is 10.3 Å². The van der Waals surface area contributed by atoms with Crippen molar-refractivity contribution < 1.29 is 14.4 Å². The monoisotopic (exact) mass is 358 g/mol. The number of nitrogens with one attached hydrogen (secondary N) is 1. The molecule has 0 aliphatic carbocycles. The van der Waals surface area contributed by atoms with Gasteiger partial charge in [-0.2, -0.15) is 0 Å². The van der Waals surface area contributed by atoms with Gasteiger partial charge in [-0.05, 0) is 29.3 Å². The number of fused-ring (bicyclic) bond motifs is 1. The van der Waals surface area contributed by atoms with Crippen LogP contribution in [0.5, 0.6) is 0 Å². The zero-order valence-corrected chi connectivity index (χ0v) is 14.8. The Hall–Kier alpha value is -3.47. The van der Waals surface area contributed by atoms with E-state index in [2.05, 4.69) is 5.32 Å². The Bertz CT molecular complexity index is 1060. The Morgan fingerprint density at radius 3 is 2.33 bits per heavy atom. The van der Waals surface area contributed by atoms with Crippen molar-refractivity contribution in [3.8, 4) is 0 Å². The van der Waals surface area contributed by atoms with E-state index in [9.17, 15) is 14.4 Å². The largest absolute Gasteiger partial charge is 0.325 e. The van der Waals surface area contributed by atoms with Gasteiger partial charge >= 0.3 is 6.03 Å². The average Bonchev–Trinajstić information content (AvgIpc) is 2.92. The molecule has 1 N–H and O–H groups in total. The van der Waals surface area contributed by atoms with Crippen LogP contribution < -0.4 is 5.32 Å². The van der Waals surface area contributed by atoms with Crippen molar-refractivity contribution in [3.05, 3.63) is 83.9 Å². The van der Waals surface area contributed by atoms with Crippen LogP contribution in [0.3, 0.4) is 0 Å². The summed E-state index contributed by atoms with van der Waals surface area (Å²) in [4.78, 5) is 39.0. The van der Waals surface area contributed by atoms with Crippen molar-refractivity contribution in [3.63, 3.8) is 0 Å². The van der Waals surface area contributed by atoms with E-state index in [1.165, 1.54) is 0 Å². The van der Waals surface area contributed by atoms with Crippen molar-refractivity contribution in [1.82, 2.24) is 10.2 Å². The van der Waals surface area contributed by atoms with Crippen LogP contribution >= 0.6 is 0 Å². The topological polar surface area (TPSA) is 66.5 Å². The summed E-state index contributed by atoms with van der Waals surface area (Å²) in [6.07, 6.45) is 0. The quantitative estimate of drug-likeness (QED) is 0.573. The predicted molar refractivity (Wildman–Crippen MR) is 102 cm³/mol. The Labute approximate surface area is 156 Å². The lowest BCUT2D eigenvalue weighted by Crippen LogP contribution is -2.41. The molecule has 1 atom stereocenters. The molecule has 0 unspecified atom stereocenters. The maximum absolute atomic E-state index is 12.9. The molecular weight excluding hydrogens is 340 g/mol. The molecule has 1 saturated heterocycles. The van der Waals surface area contributed by atoms with E-state index in [-0.39, 0.29) is 12.3 Å². The Morgan fingerprint density at radius 2 is 1.59 bits per heavy atom. The fraction of sp³-hybridized carbons (Fsp3) is 0.136. The van der Waals surface area contributed by atoms with Crippen LogP contribution in [0.15, 0.2) is 72.8 Å². The maximum atomic E-state index is 12.9. The highest BCUT2D eigenvalue weighted by Crippen LogP contribution is 2.28. The zero-order valence-electron chi connectivity index (χ0n) is 14.8. The van der Waals surface area contributed by atoms with E-state index >= 15 is 0 Å². The summed E-state index contributed by atoms with van der Waals surface area (Å²) in [6, 6.07) is 21.6. The van der Waals surface area contributed by atoms with E-state index in [4.69, 9.17) is 0 Å². The van der Waals surface area contributed by atoms with Gasteiger partial charge in [-0.25, -0.2) is 4.79 Å². The van der Waals surface area contributed by atoms with Crippen molar-refractivity contribution in [2.24, 2.45) is 0 Å². The van der Waals surface area contributed by atoms with Gasteiger partial charge in [-0.15, -0.1) is 0 Å². The van der Waals surface area contributed by atoms with Crippen LogP contribution in [0.2, 0.25) is 0 Å². The van der Waals surface area contributed by atoms with Crippen molar-refractivity contribution >= 4 is 28.5 Å². The molecule has 3 aromatic carbocycles. The fourth-order valence-electron chi connectivity index (χ4n) is 3.41. The van der Waals surface area contributed by atoms with E-state index in [1.54, 1.807) is 31.2 Å². The van der Waals surface area contributed by atoms with Gasteiger partial charge < -0.3 is 5.32 Å². The molecule has 3 aromatic rings. The highest BCUT2D eigenvalue weighted by molar-refractivity contribution is 6.11. The first-order valence-corrected chi connectivity index (χ1v) is 8.71. The van der Waals surface area contributed by atoms with Crippen LogP contribution in [0.25, 0.3) is 10.8 Å². The van der Waals surface area contributed by atoms with E-state index in [0.29, 0.717) is 11.1 Å². The van der Waals surface area contributed by atoms with Gasteiger partial charge in [0.15, 0.2) is 5.78 Å². The lowest BCUT2D eigenvalue weighted by Gasteiger charge is -2.22. The smallest absolute Gasteiger partial charge is 0.319 e. The molecule has 0 spiro atoms. The summed E-state index contributed by atoms with van der Waals surface area (Å²) in [6.45, 7) is 1.37. The Balaban J connectivity index is 1.59. The lowest BCUT2D eigenvalue weighted by molar-refractivity contribution is -0.130. The van der Waals surface area contributed by atoms with Gasteiger partial charge in [0.1, 0.15) is 5.54 Å². The minimum Gasteiger partial charge on any atom is -0.319 e. The molecule has 4 rings (SSSR count). The molecule has 134 valence electrons. The third-order valence-electron chi connectivity index (χ3n) is 5.00. The third-order valence-corrected chi connectivity index (χ3v) is 5.00. The predicted octanol–water partition coefficient (Wildman–Crippen LogP) is 3.49. The van der Waals surface area contributed by atoms with Crippen molar-refractivity contribution in [2.75, 3.05) is 6.54 Å². The highest BCUT2D eigenvalue weighted by Gasteiger charge is 2.49.